The van der Waals surface area contributed by atoms with Gasteiger partial charge in [-0.2, -0.15) is 0 Å². The van der Waals surface area contributed by atoms with Crippen LogP contribution in [0.3, 0.4) is 0 Å². The fourth-order valence-corrected chi connectivity index (χ4v) is 0. The molecule has 1 heteroatoms. The molecule has 0 spiro atoms. The summed E-state index contributed by atoms with van der Waals surface area (Å²) in [5.74, 6) is 2.11. The number of hydrogen-bond acceptors (Lipinski definition) is 1. The van der Waals surface area contributed by atoms with Crippen LogP contribution in [0.1, 0.15) is 48.5 Å². The molecule has 0 aliphatic heterocycles. The molecule has 1 nitrogen and oxygen atoms in total. The summed E-state index contributed by atoms with van der Waals surface area (Å²) in [6, 6.07) is 0. The van der Waals surface area contributed by atoms with Gasteiger partial charge >= 0.3 is 0 Å². The zero-order valence-corrected chi connectivity index (χ0v) is 9.76. The Balaban J connectivity index is 0. The summed E-state index contributed by atoms with van der Waals surface area (Å²) in [7, 11) is 0. The van der Waals surface area contributed by atoms with E-state index in [1.165, 1.54) is 0 Å². The second kappa shape index (κ2) is 7.60. The molecule has 1 unspecified atom stereocenters. The van der Waals surface area contributed by atoms with Crippen molar-refractivity contribution in [1.82, 2.24) is 0 Å². The van der Waals surface area contributed by atoms with E-state index in [1.54, 1.807) is 6.92 Å². The van der Waals surface area contributed by atoms with E-state index in [1.807, 2.05) is 13.8 Å². The van der Waals surface area contributed by atoms with Crippen molar-refractivity contribution >= 4 is 0 Å². The second-order valence-corrected chi connectivity index (χ2v) is 4.47. The fraction of sp³-hybridized carbons (Fsp3) is 1.00. The average Bonchev–Trinajstić information content (AvgIpc) is 1.88. The monoisotopic (exact) mass is 174 g/mol. The van der Waals surface area contributed by atoms with E-state index < -0.39 is 0 Å². The molecule has 0 aromatic heterocycles. The highest BCUT2D eigenvalue weighted by Crippen LogP contribution is 2.05. The summed E-state index contributed by atoms with van der Waals surface area (Å²) in [4.78, 5) is 0. The van der Waals surface area contributed by atoms with E-state index in [2.05, 4.69) is 27.7 Å². The van der Waals surface area contributed by atoms with E-state index in [9.17, 15) is 0 Å². The van der Waals surface area contributed by atoms with Crippen LogP contribution in [0.15, 0.2) is 0 Å². The number of rotatable bonds is 2. The van der Waals surface area contributed by atoms with Crippen molar-refractivity contribution in [3.05, 3.63) is 0 Å². The van der Waals surface area contributed by atoms with E-state index in [4.69, 9.17) is 5.11 Å². The van der Waals surface area contributed by atoms with Crippen molar-refractivity contribution in [1.29, 1.82) is 0 Å². The molecule has 0 aliphatic rings. The molecular weight excluding hydrogens is 148 g/mol. The Morgan fingerprint density at radius 1 is 0.583 bits per heavy atom. The lowest BCUT2D eigenvalue weighted by Gasteiger charge is -2.05. The molecule has 0 bridgehead atoms. The smallest absolute Gasteiger partial charge is 0.0535 e. The summed E-state index contributed by atoms with van der Waals surface area (Å²) in [5.41, 5.74) is 0. The summed E-state index contributed by atoms with van der Waals surface area (Å²) in [6.45, 7) is 14.7. The Hall–Kier alpha value is -0.0400. The molecule has 1 N–H and O–H groups in total. The Kier molecular flexibility index (Phi) is 9.17. The zero-order valence-electron chi connectivity index (χ0n) is 9.76. The molecular formula is C11H26O. The van der Waals surface area contributed by atoms with Gasteiger partial charge in [0.05, 0.1) is 6.10 Å². The van der Waals surface area contributed by atoms with Gasteiger partial charge in [-0.3, -0.25) is 0 Å². The van der Waals surface area contributed by atoms with Crippen molar-refractivity contribution < 1.29 is 5.11 Å². The number of hydrogen-bond donors (Lipinski definition) is 1. The van der Waals surface area contributed by atoms with Gasteiger partial charge in [-0.15, -0.1) is 0 Å². The highest BCUT2D eigenvalue weighted by Gasteiger charge is 1.97. The van der Waals surface area contributed by atoms with Crippen LogP contribution in [0, 0.1) is 17.8 Å². The van der Waals surface area contributed by atoms with Crippen molar-refractivity contribution in [2.24, 2.45) is 17.8 Å². The van der Waals surface area contributed by atoms with E-state index in [0.717, 1.165) is 11.8 Å². The molecule has 0 heterocycles. The van der Waals surface area contributed by atoms with Gasteiger partial charge in [-0.25, -0.2) is 0 Å². The second-order valence-electron chi connectivity index (χ2n) is 4.47. The molecule has 0 saturated carbocycles. The predicted molar refractivity (Wildman–Crippen MR) is 56.2 cm³/mol. The largest absolute Gasteiger partial charge is 0.393 e. The van der Waals surface area contributed by atoms with E-state index >= 15 is 0 Å². The SMILES string of the molecule is CC(C)C(C)C.CC(C)C(C)O. The summed E-state index contributed by atoms with van der Waals surface area (Å²) in [6.07, 6.45) is -0.148. The fourth-order valence-electron chi connectivity index (χ4n) is 0. The van der Waals surface area contributed by atoms with Gasteiger partial charge in [0, 0.05) is 0 Å². The van der Waals surface area contributed by atoms with Gasteiger partial charge in [0.1, 0.15) is 0 Å². The summed E-state index contributed by atoms with van der Waals surface area (Å²) in [5, 5.41) is 8.63. The van der Waals surface area contributed by atoms with Crippen LogP contribution in [-0.4, -0.2) is 11.2 Å². The minimum absolute atomic E-state index is 0.148. The molecule has 0 amide bonds. The Morgan fingerprint density at radius 2 is 0.750 bits per heavy atom. The number of aliphatic hydroxyl groups excluding tert-OH is 1. The lowest BCUT2D eigenvalue weighted by atomic mass is 10.0. The summed E-state index contributed by atoms with van der Waals surface area (Å²) >= 11 is 0. The van der Waals surface area contributed by atoms with Gasteiger partial charge < -0.3 is 5.11 Å². The first-order valence-electron chi connectivity index (χ1n) is 4.97. The van der Waals surface area contributed by atoms with Crippen LogP contribution < -0.4 is 0 Å². The van der Waals surface area contributed by atoms with Gasteiger partial charge in [0.25, 0.3) is 0 Å². The molecule has 1 atom stereocenters. The van der Waals surface area contributed by atoms with Crippen LogP contribution in [0.4, 0.5) is 0 Å². The first kappa shape index (κ1) is 14.5. The molecule has 0 radical (unpaired) electrons. The zero-order chi connectivity index (χ0) is 10.3. The van der Waals surface area contributed by atoms with Crippen LogP contribution in [0.5, 0.6) is 0 Å². The summed E-state index contributed by atoms with van der Waals surface area (Å²) < 4.78 is 0. The van der Waals surface area contributed by atoms with Crippen molar-refractivity contribution in [2.45, 2.75) is 54.6 Å². The Labute approximate surface area is 78.2 Å². The van der Waals surface area contributed by atoms with Crippen LogP contribution in [0.2, 0.25) is 0 Å². The molecule has 76 valence electrons. The molecule has 0 rings (SSSR count). The van der Waals surface area contributed by atoms with Gasteiger partial charge in [-0.05, 0) is 24.7 Å². The molecule has 0 aliphatic carbocycles. The third-order valence-corrected chi connectivity index (χ3v) is 2.30. The van der Waals surface area contributed by atoms with E-state index in [-0.39, 0.29) is 6.10 Å². The van der Waals surface area contributed by atoms with Gasteiger partial charge in [0.2, 0.25) is 0 Å². The maximum Gasteiger partial charge on any atom is 0.0535 e. The van der Waals surface area contributed by atoms with Crippen molar-refractivity contribution in [2.75, 3.05) is 0 Å². The maximum atomic E-state index is 8.63. The van der Waals surface area contributed by atoms with Gasteiger partial charge in [-0.1, -0.05) is 41.5 Å². The molecule has 0 saturated heterocycles. The van der Waals surface area contributed by atoms with E-state index in [0.29, 0.717) is 5.92 Å². The molecule has 12 heavy (non-hydrogen) atoms. The molecule has 0 fully saturated rings. The maximum absolute atomic E-state index is 8.63. The molecule has 0 aromatic carbocycles. The van der Waals surface area contributed by atoms with Crippen LogP contribution >= 0.6 is 0 Å². The van der Waals surface area contributed by atoms with Gasteiger partial charge in [0.15, 0.2) is 0 Å². The lowest BCUT2D eigenvalue weighted by Crippen LogP contribution is -2.07. The predicted octanol–water partition coefficient (Wildman–Crippen LogP) is 3.32. The highest BCUT2D eigenvalue weighted by molar-refractivity contribution is 4.48. The number of aliphatic hydroxyl groups is 1. The lowest BCUT2D eigenvalue weighted by molar-refractivity contribution is 0.144. The topological polar surface area (TPSA) is 20.2 Å². The minimum atomic E-state index is -0.148. The quantitative estimate of drug-likeness (QED) is 0.681. The third kappa shape index (κ3) is 12.6. The molecule has 0 aromatic rings. The normalized spacial score (nSPS) is 13.2. The Morgan fingerprint density at radius 3 is 0.750 bits per heavy atom. The first-order chi connectivity index (χ1) is 5.29. The average molecular weight is 174 g/mol. The van der Waals surface area contributed by atoms with Crippen LogP contribution in [-0.2, 0) is 0 Å². The van der Waals surface area contributed by atoms with Crippen LogP contribution in [0.25, 0.3) is 0 Å². The Bertz CT molecular complexity index is 59.0. The first-order valence-corrected chi connectivity index (χ1v) is 4.97. The van der Waals surface area contributed by atoms with Crippen molar-refractivity contribution in [3.8, 4) is 0 Å². The van der Waals surface area contributed by atoms with Crippen molar-refractivity contribution in [3.63, 3.8) is 0 Å². The standard InChI is InChI=1S/C6H14.C5H12O/c1-5(2)6(3)4;1-4(2)5(3)6/h5-6H,1-4H3;4-6H,1-3H3. The highest BCUT2D eigenvalue weighted by atomic mass is 16.3. The third-order valence-electron chi connectivity index (χ3n) is 2.30. The minimum Gasteiger partial charge on any atom is -0.393 e.